The molecule has 3 heteroatoms. The molecule has 3 nitrogen and oxygen atoms in total. The Labute approximate surface area is 99.0 Å². The Balaban J connectivity index is 1.86. The van der Waals surface area contributed by atoms with Crippen molar-refractivity contribution in [1.29, 1.82) is 0 Å². The highest BCUT2D eigenvalue weighted by atomic mass is 16.3. The Hall–Kier alpha value is -0.120. The standard InChI is InChI=1S/C13H26N2O/c1-13(2)6-5-10(12(13)14)8-15-7-3-4-11(16)9-15/h10-12,16H,3-9,14H2,1-2H3. The molecule has 1 saturated carbocycles. The van der Waals surface area contributed by atoms with Gasteiger partial charge in [0.15, 0.2) is 0 Å². The second-order valence-corrected chi connectivity index (χ2v) is 6.37. The van der Waals surface area contributed by atoms with Crippen molar-refractivity contribution in [2.24, 2.45) is 17.1 Å². The van der Waals surface area contributed by atoms with Crippen molar-refractivity contribution in [3.8, 4) is 0 Å². The van der Waals surface area contributed by atoms with Gasteiger partial charge in [-0.1, -0.05) is 13.8 Å². The van der Waals surface area contributed by atoms with Gasteiger partial charge in [0.05, 0.1) is 6.10 Å². The molecule has 2 fully saturated rings. The highest BCUT2D eigenvalue weighted by Crippen LogP contribution is 2.40. The fourth-order valence-corrected chi connectivity index (χ4v) is 3.28. The van der Waals surface area contributed by atoms with Crippen LogP contribution in [-0.4, -0.2) is 41.8 Å². The number of nitrogens with zero attached hydrogens (tertiary/aromatic N) is 1. The van der Waals surface area contributed by atoms with Crippen LogP contribution in [0.4, 0.5) is 0 Å². The summed E-state index contributed by atoms with van der Waals surface area (Å²) in [5.74, 6) is 0.625. The zero-order chi connectivity index (χ0) is 11.8. The maximum Gasteiger partial charge on any atom is 0.0667 e. The quantitative estimate of drug-likeness (QED) is 0.744. The van der Waals surface area contributed by atoms with Gasteiger partial charge in [-0.2, -0.15) is 0 Å². The Morgan fingerprint density at radius 1 is 1.38 bits per heavy atom. The molecule has 16 heavy (non-hydrogen) atoms. The van der Waals surface area contributed by atoms with E-state index in [1.807, 2.05) is 0 Å². The van der Waals surface area contributed by atoms with Crippen molar-refractivity contribution in [2.45, 2.75) is 51.7 Å². The van der Waals surface area contributed by atoms with Crippen molar-refractivity contribution in [1.82, 2.24) is 4.90 Å². The third-order valence-corrected chi connectivity index (χ3v) is 4.54. The zero-order valence-corrected chi connectivity index (χ0v) is 10.7. The normalized spacial score (nSPS) is 40.1. The van der Waals surface area contributed by atoms with E-state index in [1.54, 1.807) is 0 Å². The average molecular weight is 226 g/mol. The molecule has 1 heterocycles. The van der Waals surface area contributed by atoms with Crippen molar-refractivity contribution in [2.75, 3.05) is 19.6 Å². The number of hydrogen-bond acceptors (Lipinski definition) is 3. The van der Waals surface area contributed by atoms with Gasteiger partial charge in [0.2, 0.25) is 0 Å². The van der Waals surface area contributed by atoms with Crippen molar-refractivity contribution in [3.63, 3.8) is 0 Å². The van der Waals surface area contributed by atoms with Crippen LogP contribution in [0.3, 0.4) is 0 Å². The van der Waals surface area contributed by atoms with Gasteiger partial charge in [0, 0.05) is 19.1 Å². The molecule has 0 aromatic heterocycles. The van der Waals surface area contributed by atoms with Gasteiger partial charge in [0.1, 0.15) is 0 Å². The van der Waals surface area contributed by atoms with Crippen molar-refractivity contribution < 1.29 is 5.11 Å². The van der Waals surface area contributed by atoms with E-state index in [4.69, 9.17) is 5.73 Å². The number of β-amino-alcohol motifs (C(OH)–C–C–N with tert-alkyl or cyclic N) is 1. The molecule has 3 N–H and O–H groups in total. The minimum Gasteiger partial charge on any atom is -0.392 e. The molecule has 0 aromatic carbocycles. The molecule has 0 radical (unpaired) electrons. The predicted octanol–water partition coefficient (Wildman–Crippen LogP) is 1.21. The smallest absolute Gasteiger partial charge is 0.0667 e. The van der Waals surface area contributed by atoms with E-state index >= 15 is 0 Å². The van der Waals surface area contributed by atoms with Gasteiger partial charge >= 0.3 is 0 Å². The Kier molecular flexibility index (Phi) is 3.57. The Morgan fingerprint density at radius 2 is 2.12 bits per heavy atom. The van der Waals surface area contributed by atoms with Gasteiger partial charge in [-0.15, -0.1) is 0 Å². The van der Waals surface area contributed by atoms with E-state index in [0.717, 1.165) is 32.5 Å². The van der Waals surface area contributed by atoms with E-state index in [0.29, 0.717) is 17.4 Å². The molecule has 0 amide bonds. The molecule has 1 aliphatic heterocycles. The number of hydrogen-bond donors (Lipinski definition) is 2. The maximum atomic E-state index is 9.65. The van der Waals surface area contributed by atoms with Crippen LogP contribution in [0.2, 0.25) is 0 Å². The Bertz CT molecular complexity index is 242. The molecule has 1 saturated heterocycles. The molecule has 0 spiro atoms. The van der Waals surface area contributed by atoms with E-state index in [-0.39, 0.29) is 6.10 Å². The summed E-state index contributed by atoms with van der Waals surface area (Å²) in [6, 6.07) is 0.326. The average Bonchev–Trinajstić information content (AvgIpc) is 2.45. The highest BCUT2D eigenvalue weighted by Gasteiger charge is 2.40. The number of aliphatic hydroxyl groups excluding tert-OH is 1. The van der Waals surface area contributed by atoms with E-state index in [1.165, 1.54) is 12.8 Å². The minimum absolute atomic E-state index is 0.112. The summed E-state index contributed by atoms with van der Waals surface area (Å²) in [5.41, 5.74) is 6.62. The maximum absolute atomic E-state index is 9.65. The van der Waals surface area contributed by atoms with Gasteiger partial charge in [-0.05, 0) is 43.6 Å². The third-order valence-electron chi connectivity index (χ3n) is 4.54. The number of piperidine rings is 1. The first-order valence-electron chi connectivity index (χ1n) is 6.65. The molecule has 94 valence electrons. The van der Waals surface area contributed by atoms with Gasteiger partial charge < -0.3 is 15.7 Å². The molecule has 3 atom stereocenters. The van der Waals surface area contributed by atoms with Crippen molar-refractivity contribution >= 4 is 0 Å². The van der Waals surface area contributed by atoms with Crippen LogP contribution < -0.4 is 5.73 Å². The summed E-state index contributed by atoms with van der Waals surface area (Å²) in [6.07, 6.45) is 4.49. The lowest BCUT2D eigenvalue weighted by Gasteiger charge is -2.34. The summed E-state index contributed by atoms with van der Waals surface area (Å²) in [6.45, 7) is 7.64. The fraction of sp³-hybridized carbons (Fsp3) is 1.00. The van der Waals surface area contributed by atoms with Gasteiger partial charge in [-0.25, -0.2) is 0 Å². The largest absolute Gasteiger partial charge is 0.392 e. The van der Waals surface area contributed by atoms with E-state index < -0.39 is 0 Å². The van der Waals surface area contributed by atoms with Crippen molar-refractivity contribution in [3.05, 3.63) is 0 Å². The van der Waals surface area contributed by atoms with Crippen LogP contribution in [0.15, 0.2) is 0 Å². The Morgan fingerprint density at radius 3 is 2.69 bits per heavy atom. The molecule has 2 aliphatic rings. The lowest BCUT2D eigenvalue weighted by Crippen LogP contribution is -2.45. The fourth-order valence-electron chi connectivity index (χ4n) is 3.28. The lowest BCUT2D eigenvalue weighted by atomic mass is 9.85. The first kappa shape index (κ1) is 12.3. The van der Waals surface area contributed by atoms with Crippen LogP contribution in [0, 0.1) is 11.3 Å². The summed E-state index contributed by atoms with van der Waals surface area (Å²) < 4.78 is 0. The zero-order valence-electron chi connectivity index (χ0n) is 10.7. The molecular formula is C13H26N2O. The summed E-state index contributed by atoms with van der Waals surface area (Å²) in [4.78, 5) is 2.40. The number of likely N-dealkylation sites (tertiary alicyclic amines) is 1. The molecule has 3 unspecified atom stereocenters. The molecule has 2 rings (SSSR count). The lowest BCUT2D eigenvalue weighted by molar-refractivity contribution is 0.0597. The highest BCUT2D eigenvalue weighted by molar-refractivity contribution is 4.95. The van der Waals surface area contributed by atoms with E-state index in [2.05, 4.69) is 18.7 Å². The topological polar surface area (TPSA) is 49.5 Å². The molecule has 0 aromatic rings. The number of nitrogens with two attached hydrogens (primary N) is 1. The molecule has 1 aliphatic carbocycles. The SMILES string of the molecule is CC1(C)CCC(CN2CCCC(O)C2)C1N. The number of rotatable bonds is 2. The second-order valence-electron chi connectivity index (χ2n) is 6.37. The van der Waals surface area contributed by atoms with Crippen LogP contribution in [0.1, 0.15) is 39.5 Å². The van der Waals surface area contributed by atoms with Gasteiger partial charge in [-0.3, -0.25) is 0 Å². The van der Waals surface area contributed by atoms with E-state index in [9.17, 15) is 5.11 Å². The second kappa shape index (κ2) is 4.63. The van der Waals surface area contributed by atoms with Gasteiger partial charge in [0.25, 0.3) is 0 Å². The summed E-state index contributed by atoms with van der Waals surface area (Å²) >= 11 is 0. The summed E-state index contributed by atoms with van der Waals surface area (Å²) in [5, 5.41) is 9.65. The molecule has 0 bridgehead atoms. The summed E-state index contributed by atoms with van der Waals surface area (Å²) in [7, 11) is 0. The first-order valence-corrected chi connectivity index (χ1v) is 6.65. The third kappa shape index (κ3) is 2.58. The number of aliphatic hydroxyl groups is 1. The predicted molar refractivity (Wildman–Crippen MR) is 66.2 cm³/mol. The van der Waals surface area contributed by atoms with Crippen LogP contribution in [0.25, 0.3) is 0 Å². The monoisotopic (exact) mass is 226 g/mol. The van der Waals surface area contributed by atoms with Crippen LogP contribution in [-0.2, 0) is 0 Å². The molecular weight excluding hydrogens is 200 g/mol. The minimum atomic E-state index is -0.112. The van der Waals surface area contributed by atoms with Crippen LogP contribution in [0.5, 0.6) is 0 Å². The first-order chi connectivity index (χ1) is 7.49. The van der Waals surface area contributed by atoms with Crippen LogP contribution >= 0.6 is 0 Å².